The maximum absolute atomic E-state index is 11.5. The molecule has 0 unspecified atom stereocenters. The zero-order valence-electron chi connectivity index (χ0n) is 8.47. The number of hydrogen-bond acceptors (Lipinski definition) is 1. The summed E-state index contributed by atoms with van der Waals surface area (Å²) in [6.45, 7) is 3.87. The number of aromatic nitrogens is 1. The van der Waals surface area contributed by atoms with Crippen molar-refractivity contribution in [2.24, 2.45) is 0 Å². The number of nitrogens with one attached hydrogen (secondary N) is 1. The first-order valence-corrected chi connectivity index (χ1v) is 10.7. The first-order valence-electron chi connectivity index (χ1n) is 4.41. The van der Waals surface area contributed by atoms with Gasteiger partial charge < -0.3 is 4.98 Å². The van der Waals surface area contributed by atoms with E-state index < -0.39 is 0 Å². The van der Waals surface area contributed by atoms with E-state index in [1.807, 2.05) is 32.0 Å². The average Bonchev–Trinajstić information content (AvgIpc) is 2.22. The number of fused-ring (bicyclic) bond motifs is 1. The van der Waals surface area contributed by atoms with E-state index >= 15 is 0 Å². The second-order valence-electron chi connectivity index (χ2n) is 3.37. The predicted molar refractivity (Wildman–Crippen MR) is 82.1 cm³/mol. The first-order chi connectivity index (χ1) is 7.16. The highest BCUT2D eigenvalue weighted by molar-refractivity contribution is 15.0. The Morgan fingerprint density at radius 1 is 1.13 bits per heavy atom. The van der Waals surface area contributed by atoms with Gasteiger partial charge in [-0.1, -0.05) is 11.6 Å². The minimum absolute atomic E-state index is 0.0925. The van der Waals surface area contributed by atoms with Crippen LogP contribution in [-0.4, -0.2) is 4.98 Å². The van der Waals surface area contributed by atoms with Crippen molar-refractivity contribution in [2.45, 2.75) is 13.8 Å². The van der Waals surface area contributed by atoms with Crippen molar-refractivity contribution < 1.29 is 0 Å². The largest absolute Gasteiger partial charge is 0.358 e. The zero-order valence-corrected chi connectivity index (χ0v) is 12.8. The molecule has 0 aliphatic heterocycles. The molecule has 0 saturated heterocycles. The summed E-state index contributed by atoms with van der Waals surface area (Å²) in [7, 11) is 0. The number of pyridine rings is 1. The lowest BCUT2D eigenvalue weighted by atomic mass is 10.1. The van der Waals surface area contributed by atoms with Gasteiger partial charge in [-0.15, -0.1) is 0 Å². The number of rotatable bonds is 0. The molecule has 0 atom stereocenters. The molecule has 0 saturated carbocycles. The Kier molecular flexibility index (Phi) is 5.04. The van der Waals surface area contributed by atoms with Crippen LogP contribution in [0.2, 0.25) is 0 Å². The van der Waals surface area contributed by atoms with Crippen molar-refractivity contribution in [3.05, 3.63) is 45.7 Å². The molecular weight excluding hydrogens is 416 g/mol. The topological polar surface area (TPSA) is 32.9 Å². The third-order valence-corrected chi connectivity index (χ3v) is 2.12. The van der Waals surface area contributed by atoms with E-state index in [0.717, 1.165) is 22.2 Å². The molecule has 0 aliphatic rings. The molecule has 0 fully saturated rings. The molecule has 0 radical (unpaired) electrons. The number of benzene rings is 1. The molecule has 0 bridgehead atoms. The van der Waals surface area contributed by atoms with Crippen LogP contribution < -0.4 is 5.43 Å². The number of aryl methyl sites for hydroxylation is 2. The first kappa shape index (κ1) is 13.0. The van der Waals surface area contributed by atoms with Gasteiger partial charge in [0.2, 0.25) is 0 Å². The standard InChI is InChI=1S/C11H11NO.I2/c1-7-3-4-10-9(5-7)11(13)6-8(2)12-10;1-2/h3-6H,1-2H3,(H,12,13);. The van der Waals surface area contributed by atoms with Crippen LogP contribution in [0.1, 0.15) is 11.3 Å². The Morgan fingerprint density at radius 3 is 2.47 bits per heavy atom. The molecule has 1 heterocycles. The van der Waals surface area contributed by atoms with Gasteiger partial charge in [0, 0.05) is 59.9 Å². The van der Waals surface area contributed by atoms with Gasteiger partial charge in [-0.25, -0.2) is 0 Å². The molecule has 2 aromatic rings. The van der Waals surface area contributed by atoms with Crippen LogP contribution in [-0.2, 0) is 0 Å². The number of H-pyrrole nitrogens is 1. The molecule has 1 N–H and O–H groups in total. The van der Waals surface area contributed by atoms with Crippen LogP contribution in [0.25, 0.3) is 10.9 Å². The maximum Gasteiger partial charge on any atom is 0.189 e. The van der Waals surface area contributed by atoms with Gasteiger partial charge in [-0.05, 0) is 26.0 Å². The molecule has 0 amide bonds. The lowest BCUT2D eigenvalue weighted by Crippen LogP contribution is -2.02. The van der Waals surface area contributed by atoms with Crippen LogP contribution in [0.5, 0.6) is 0 Å². The van der Waals surface area contributed by atoms with E-state index in [1.54, 1.807) is 6.07 Å². The summed E-state index contributed by atoms with van der Waals surface area (Å²) in [6.07, 6.45) is 0. The van der Waals surface area contributed by atoms with Crippen LogP contribution in [0.4, 0.5) is 0 Å². The second kappa shape index (κ2) is 5.83. The van der Waals surface area contributed by atoms with Crippen LogP contribution in [0.3, 0.4) is 0 Å². The molecule has 80 valence electrons. The minimum atomic E-state index is 0.0925. The van der Waals surface area contributed by atoms with Crippen LogP contribution >= 0.6 is 37.2 Å². The Bertz CT molecular complexity index is 519. The normalized spacial score (nSPS) is 9.60. The van der Waals surface area contributed by atoms with Crippen molar-refractivity contribution in [3.8, 4) is 0 Å². The summed E-state index contributed by atoms with van der Waals surface area (Å²) in [5.74, 6) is 0. The van der Waals surface area contributed by atoms with Gasteiger partial charge in [0.15, 0.2) is 5.43 Å². The van der Waals surface area contributed by atoms with Crippen LogP contribution in [0, 0.1) is 13.8 Å². The van der Waals surface area contributed by atoms with Gasteiger partial charge in [0.1, 0.15) is 0 Å². The summed E-state index contributed by atoms with van der Waals surface area (Å²) < 4.78 is 0. The summed E-state index contributed by atoms with van der Waals surface area (Å²) in [6, 6.07) is 7.48. The van der Waals surface area contributed by atoms with Crippen molar-refractivity contribution in [1.29, 1.82) is 0 Å². The minimum Gasteiger partial charge on any atom is -0.358 e. The highest BCUT2D eigenvalue weighted by atomic mass is 128. The fraction of sp³-hybridized carbons (Fsp3) is 0.182. The van der Waals surface area contributed by atoms with Gasteiger partial charge >= 0.3 is 0 Å². The van der Waals surface area contributed by atoms with E-state index in [4.69, 9.17) is 0 Å². The van der Waals surface area contributed by atoms with Crippen molar-refractivity contribution in [2.75, 3.05) is 0 Å². The lowest BCUT2D eigenvalue weighted by molar-refractivity contribution is 1.24. The van der Waals surface area contributed by atoms with Gasteiger partial charge in [0.05, 0.1) is 0 Å². The highest BCUT2D eigenvalue weighted by Gasteiger charge is 1.98. The predicted octanol–water partition coefficient (Wildman–Crippen LogP) is 3.92. The number of hydrogen-bond donors (Lipinski definition) is 1. The molecular formula is C11H11I2NO. The number of aromatic amines is 1. The zero-order chi connectivity index (χ0) is 11.4. The highest BCUT2D eigenvalue weighted by Crippen LogP contribution is 2.09. The summed E-state index contributed by atoms with van der Waals surface area (Å²) in [4.78, 5) is 14.7. The Morgan fingerprint density at radius 2 is 1.80 bits per heavy atom. The van der Waals surface area contributed by atoms with Gasteiger partial charge in [-0.2, -0.15) is 0 Å². The third-order valence-electron chi connectivity index (χ3n) is 2.12. The number of halogens is 2. The fourth-order valence-electron chi connectivity index (χ4n) is 1.49. The summed E-state index contributed by atoms with van der Waals surface area (Å²) >= 11 is 4.24. The van der Waals surface area contributed by atoms with E-state index in [1.165, 1.54) is 0 Å². The van der Waals surface area contributed by atoms with E-state index in [0.29, 0.717) is 0 Å². The smallest absolute Gasteiger partial charge is 0.189 e. The molecule has 1 aromatic heterocycles. The molecule has 2 nitrogen and oxygen atoms in total. The Hall–Kier alpha value is -0.110. The van der Waals surface area contributed by atoms with Crippen molar-refractivity contribution in [3.63, 3.8) is 0 Å². The second-order valence-corrected chi connectivity index (χ2v) is 3.37. The average molecular weight is 427 g/mol. The van der Waals surface area contributed by atoms with Crippen molar-refractivity contribution in [1.82, 2.24) is 4.98 Å². The summed E-state index contributed by atoms with van der Waals surface area (Å²) in [5.41, 5.74) is 3.02. The lowest BCUT2D eigenvalue weighted by Gasteiger charge is -2.00. The van der Waals surface area contributed by atoms with E-state index in [2.05, 4.69) is 42.2 Å². The SMILES string of the molecule is Cc1ccc2[nH]c(C)cc(=O)c2c1.II. The van der Waals surface area contributed by atoms with E-state index in [-0.39, 0.29) is 5.43 Å². The molecule has 2 rings (SSSR count). The summed E-state index contributed by atoms with van der Waals surface area (Å²) in [5, 5.41) is 0.769. The van der Waals surface area contributed by atoms with Gasteiger partial charge in [-0.3, -0.25) is 4.79 Å². The quantitative estimate of drug-likeness (QED) is 0.636. The monoisotopic (exact) mass is 427 g/mol. The van der Waals surface area contributed by atoms with Gasteiger partial charge in [0.25, 0.3) is 0 Å². The van der Waals surface area contributed by atoms with Crippen molar-refractivity contribution >= 4 is 48.1 Å². The van der Waals surface area contributed by atoms with Crippen LogP contribution in [0.15, 0.2) is 29.1 Å². The molecule has 1 aromatic carbocycles. The Balaban J connectivity index is 0.000000531. The molecule has 0 aliphatic carbocycles. The molecule has 0 spiro atoms. The maximum atomic E-state index is 11.5. The molecule has 4 heteroatoms. The fourth-order valence-corrected chi connectivity index (χ4v) is 1.49. The molecule has 15 heavy (non-hydrogen) atoms. The third kappa shape index (κ3) is 3.17. The Labute approximate surface area is 112 Å². The van der Waals surface area contributed by atoms with E-state index in [9.17, 15) is 4.79 Å².